The average molecular weight is 547 g/mol. The van der Waals surface area contributed by atoms with E-state index in [1.807, 2.05) is 10.4 Å². The Labute approximate surface area is 213 Å². The van der Waals surface area contributed by atoms with Crippen molar-refractivity contribution in [1.29, 1.82) is 0 Å². The van der Waals surface area contributed by atoms with Crippen molar-refractivity contribution in [2.24, 2.45) is 0 Å². The van der Waals surface area contributed by atoms with Gasteiger partial charge in [-0.25, -0.2) is 0 Å². The molecule has 0 radical (unpaired) electrons. The Hall–Kier alpha value is -0.400. The Morgan fingerprint density at radius 3 is 2.39 bits per heavy atom. The molecule has 3 aliphatic rings. The predicted octanol–water partition coefficient (Wildman–Crippen LogP) is 1.96. The maximum atomic E-state index is 2.63. The van der Waals surface area contributed by atoms with E-state index < -0.39 is 31.3 Å². The third kappa shape index (κ3) is 4.40. The van der Waals surface area contributed by atoms with Crippen LogP contribution in [0.25, 0.3) is 11.3 Å². The van der Waals surface area contributed by atoms with E-state index in [9.17, 15) is 0 Å². The minimum absolute atomic E-state index is 0. The summed E-state index contributed by atoms with van der Waals surface area (Å²) in [5.41, 5.74) is 6.35. The molecule has 1 aliphatic heterocycles. The molecule has 0 saturated carbocycles. The molecular weight excluding hydrogens is 515 g/mol. The van der Waals surface area contributed by atoms with Crippen molar-refractivity contribution in [2.75, 3.05) is 0 Å². The van der Waals surface area contributed by atoms with Crippen molar-refractivity contribution in [1.82, 2.24) is 0 Å². The van der Waals surface area contributed by atoms with Crippen molar-refractivity contribution in [2.45, 2.75) is 65.3 Å². The molecule has 3 atom stereocenters. The summed E-state index contributed by atoms with van der Waals surface area (Å²) in [4.78, 5) is 0. The van der Waals surface area contributed by atoms with Gasteiger partial charge in [-0.2, -0.15) is 0 Å². The van der Waals surface area contributed by atoms with Gasteiger partial charge < -0.3 is 24.8 Å². The summed E-state index contributed by atoms with van der Waals surface area (Å²) in [6, 6.07) is 18.4. The quantitative estimate of drug-likeness (QED) is 0.466. The van der Waals surface area contributed by atoms with Crippen LogP contribution in [0.3, 0.4) is 0 Å². The third-order valence-corrected chi connectivity index (χ3v) is 17.3. The Balaban J connectivity index is 0.00000136. The Morgan fingerprint density at radius 1 is 0.968 bits per heavy atom. The molecule has 2 aromatic rings. The standard InChI is InChI=1S/C16H21.C11H11Si.2ClH.Zr/c1-3-13(2)7-6-9-15-12-11-14-8-4-5-10-16(14)15;1-12(2)10-7-8-5-3-4-6-9(8)11(10)12;;;/h4-5,8,10-12,15H,3,6-7,9H2,1-2H3;3-7H,1-2H3;2*1H;/q;;;;+2/p-2. The molecule has 0 nitrogen and oxygen atoms in total. The van der Waals surface area contributed by atoms with Crippen LogP contribution in [0.4, 0.5) is 0 Å². The van der Waals surface area contributed by atoms with Gasteiger partial charge in [0.15, 0.2) is 0 Å². The number of hydrogen-bond acceptors (Lipinski definition) is 0. The summed E-state index contributed by atoms with van der Waals surface area (Å²) in [6.07, 6.45) is 10.2. The maximum absolute atomic E-state index is 2.63. The fraction of sp³-hybridized carbons (Fsp3) is 0.407. The first-order valence-corrected chi connectivity index (χ1v) is 17.0. The topological polar surface area (TPSA) is 0 Å². The second kappa shape index (κ2) is 9.46. The van der Waals surface area contributed by atoms with Gasteiger partial charge in [0.1, 0.15) is 0 Å². The molecule has 3 unspecified atom stereocenters. The van der Waals surface area contributed by atoms with Gasteiger partial charge in [-0.15, -0.1) is 0 Å². The van der Waals surface area contributed by atoms with E-state index in [4.69, 9.17) is 0 Å². The zero-order chi connectivity index (χ0) is 20.2. The average Bonchev–Trinajstić information content (AvgIpc) is 3.01. The first-order chi connectivity index (χ1) is 13.9. The fourth-order valence-electron chi connectivity index (χ4n) is 5.75. The summed E-state index contributed by atoms with van der Waals surface area (Å²) in [6.45, 7) is 10.3. The van der Waals surface area contributed by atoms with Crippen LogP contribution in [0, 0.1) is 0 Å². The third-order valence-electron chi connectivity index (χ3n) is 7.76. The van der Waals surface area contributed by atoms with Gasteiger partial charge in [-0.05, 0) is 0 Å². The molecule has 4 heteroatoms. The summed E-state index contributed by atoms with van der Waals surface area (Å²) in [7, 11) is -1.16. The van der Waals surface area contributed by atoms with Crippen LogP contribution in [-0.2, 0) is 23.2 Å². The second-order valence-corrected chi connectivity index (χ2v) is 19.4. The summed E-state index contributed by atoms with van der Waals surface area (Å²) in [5, 5.41) is 3.79. The smallest absolute Gasteiger partial charge is 1.00 e. The normalized spacial score (nSPS) is 23.0. The first kappa shape index (κ1) is 25.2. The van der Waals surface area contributed by atoms with Crippen LogP contribution in [0.2, 0.25) is 16.2 Å². The molecule has 0 fully saturated rings. The molecule has 0 saturated heterocycles. The molecule has 2 aliphatic carbocycles. The first-order valence-electron chi connectivity index (χ1n) is 11.3. The van der Waals surface area contributed by atoms with E-state index in [0.29, 0.717) is 9.04 Å². The minimum atomic E-state index is -1.16. The van der Waals surface area contributed by atoms with Crippen LogP contribution in [0.5, 0.6) is 0 Å². The molecule has 2 aromatic carbocycles. The largest absolute Gasteiger partial charge is 1.00 e. The van der Waals surface area contributed by atoms with Crippen molar-refractivity contribution in [3.8, 4) is 0 Å². The number of benzene rings is 2. The monoisotopic (exact) mass is 544 g/mol. The van der Waals surface area contributed by atoms with Crippen LogP contribution < -0.4 is 24.8 Å². The van der Waals surface area contributed by atoms with E-state index in [2.05, 4.69) is 87.6 Å². The Kier molecular flexibility index (Phi) is 7.70. The number of fused-ring (bicyclic) bond motifs is 3. The molecular formula is C27H32Cl2SiZr. The number of hydrogen-bond donors (Lipinski definition) is 0. The molecule has 162 valence electrons. The van der Waals surface area contributed by atoms with Gasteiger partial charge in [-0.3, -0.25) is 0 Å². The number of rotatable bonds is 7. The van der Waals surface area contributed by atoms with Crippen molar-refractivity contribution < 1.29 is 48.0 Å². The van der Waals surface area contributed by atoms with Gasteiger partial charge in [0.2, 0.25) is 0 Å². The van der Waals surface area contributed by atoms with Gasteiger partial charge in [0.05, 0.1) is 0 Å². The fourth-order valence-corrected chi connectivity index (χ4v) is 17.7. The molecule has 1 heterocycles. The van der Waals surface area contributed by atoms with Gasteiger partial charge in [0, 0.05) is 0 Å². The molecule has 0 bridgehead atoms. The summed E-state index contributed by atoms with van der Waals surface area (Å²) >= 11 is -0.570. The molecule has 0 aromatic heterocycles. The van der Waals surface area contributed by atoms with Crippen molar-refractivity contribution >= 4 is 19.3 Å². The molecule has 0 spiro atoms. The second-order valence-electron chi connectivity index (χ2n) is 9.98. The number of allylic oxidation sites excluding steroid dienone is 2. The Bertz CT molecular complexity index is 1030. The van der Waals surface area contributed by atoms with Gasteiger partial charge in [-0.1, -0.05) is 0 Å². The summed E-state index contributed by atoms with van der Waals surface area (Å²) < 4.78 is 1.49. The van der Waals surface area contributed by atoms with E-state index in [1.165, 1.54) is 31.2 Å². The van der Waals surface area contributed by atoms with Crippen LogP contribution in [0.15, 0.2) is 59.8 Å². The molecule has 0 amide bonds. The van der Waals surface area contributed by atoms with Crippen LogP contribution in [0.1, 0.15) is 71.3 Å². The minimum Gasteiger partial charge on any atom is -1.00 e. The number of halogens is 2. The molecule has 31 heavy (non-hydrogen) atoms. The van der Waals surface area contributed by atoms with Crippen molar-refractivity contribution in [3.63, 3.8) is 0 Å². The van der Waals surface area contributed by atoms with E-state index in [1.54, 1.807) is 16.7 Å². The van der Waals surface area contributed by atoms with E-state index >= 15 is 0 Å². The molecule has 5 rings (SSSR count). The van der Waals surface area contributed by atoms with Gasteiger partial charge >= 0.3 is 190 Å². The van der Waals surface area contributed by atoms with Crippen molar-refractivity contribution in [3.05, 3.63) is 82.1 Å². The zero-order valence-electron chi connectivity index (χ0n) is 19.0. The van der Waals surface area contributed by atoms with E-state index in [-0.39, 0.29) is 24.8 Å². The molecule has 0 N–H and O–H groups in total. The maximum Gasteiger partial charge on any atom is -1.00 e. The van der Waals surface area contributed by atoms with Crippen LogP contribution in [-0.4, -0.2) is 8.07 Å². The Morgan fingerprint density at radius 2 is 1.65 bits per heavy atom. The van der Waals surface area contributed by atoms with Crippen LogP contribution >= 0.6 is 0 Å². The summed E-state index contributed by atoms with van der Waals surface area (Å²) in [5.74, 6) is 0.647. The predicted molar refractivity (Wildman–Crippen MR) is 124 cm³/mol. The van der Waals surface area contributed by atoms with Gasteiger partial charge in [0.25, 0.3) is 0 Å². The zero-order valence-corrected chi connectivity index (χ0v) is 24.0. The SMILES string of the molecule is CC[C](C)(CCCC1C=Cc2ccccc21)[Zr+2][CH]1C2=C(c3ccccc31)[Si]2(C)C.[Cl-].[Cl-]. The van der Waals surface area contributed by atoms with E-state index in [0.717, 1.165) is 3.63 Å².